The topological polar surface area (TPSA) is 71.8 Å². The van der Waals surface area contributed by atoms with Gasteiger partial charge in [-0.2, -0.15) is 0 Å². The van der Waals surface area contributed by atoms with Crippen molar-refractivity contribution in [2.45, 2.75) is 29.2 Å². The molecule has 2 fully saturated rings. The van der Waals surface area contributed by atoms with Crippen molar-refractivity contribution in [2.24, 2.45) is 17.8 Å². The first-order valence-electron chi connectivity index (χ1n) is 12.7. The number of alkyl carbamates (subject to hydrolysis) is 1. The Morgan fingerprint density at radius 3 is 2.61 bits per heavy atom. The van der Waals surface area contributed by atoms with E-state index in [1.54, 1.807) is 12.3 Å². The van der Waals surface area contributed by atoms with Crippen LogP contribution in [0, 0.1) is 17.8 Å². The smallest absolute Gasteiger partial charge is 0.407 e. The normalized spacial score (nSPS) is 20.6. The zero-order valence-electron chi connectivity index (χ0n) is 20.6. The van der Waals surface area contributed by atoms with Gasteiger partial charge in [0.2, 0.25) is 5.95 Å². The van der Waals surface area contributed by atoms with E-state index in [0.717, 1.165) is 52.9 Å². The molecule has 1 N–H and O–H groups in total. The van der Waals surface area contributed by atoms with Crippen LogP contribution in [0.4, 0.5) is 10.7 Å². The zero-order chi connectivity index (χ0) is 26.1. The standard InChI is InChI=1S/C28H27Cl2N5O2S/c29-22-7-4-8-23(25(22)30)38-24-14-32-27(35-10-9-31-26(24)35)34-15-20-11-19(12-21(20)16-34)13-33-28(36)37-17-18-5-2-1-3-6-18/h1-10,14,19-21H,11-13,15-17H2,(H,33,36). The number of imidazole rings is 1. The van der Waals surface area contributed by atoms with Crippen molar-refractivity contribution in [3.05, 3.63) is 82.7 Å². The van der Waals surface area contributed by atoms with Gasteiger partial charge in [0, 0.05) is 43.1 Å². The summed E-state index contributed by atoms with van der Waals surface area (Å²) >= 11 is 14.1. The summed E-state index contributed by atoms with van der Waals surface area (Å²) in [7, 11) is 0. The third kappa shape index (κ3) is 5.30. The Morgan fingerprint density at radius 1 is 1.03 bits per heavy atom. The lowest BCUT2D eigenvalue weighted by Gasteiger charge is -2.21. The predicted molar refractivity (Wildman–Crippen MR) is 150 cm³/mol. The van der Waals surface area contributed by atoms with E-state index in [2.05, 4.69) is 19.6 Å². The van der Waals surface area contributed by atoms with Crippen LogP contribution in [0.15, 0.2) is 76.9 Å². The molecule has 38 heavy (non-hydrogen) atoms. The molecule has 2 aliphatic rings. The number of rotatable bonds is 7. The largest absolute Gasteiger partial charge is 0.445 e. The molecule has 1 aliphatic carbocycles. The first-order chi connectivity index (χ1) is 18.5. The quantitative estimate of drug-likeness (QED) is 0.272. The minimum Gasteiger partial charge on any atom is -0.445 e. The van der Waals surface area contributed by atoms with E-state index in [-0.39, 0.29) is 12.7 Å². The fraction of sp³-hybridized carbons (Fsp3) is 0.321. The third-order valence-electron chi connectivity index (χ3n) is 7.39. The van der Waals surface area contributed by atoms with Crippen LogP contribution >= 0.6 is 35.0 Å². The Labute approximate surface area is 235 Å². The Balaban J connectivity index is 1.05. The molecule has 0 bridgehead atoms. The van der Waals surface area contributed by atoms with E-state index >= 15 is 0 Å². The van der Waals surface area contributed by atoms with E-state index in [4.69, 9.17) is 32.9 Å². The van der Waals surface area contributed by atoms with E-state index in [0.29, 0.717) is 34.3 Å². The van der Waals surface area contributed by atoms with Crippen LogP contribution in [-0.2, 0) is 11.3 Å². The summed E-state index contributed by atoms with van der Waals surface area (Å²) in [5, 5.41) is 4.03. The predicted octanol–water partition coefficient (Wildman–Crippen LogP) is 6.58. The molecule has 7 nitrogen and oxygen atoms in total. The van der Waals surface area contributed by atoms with Gasteiger partial charge in [-0.15, -0.1) is 0 Å². The van der Waals surface area contributed by atoms with Crippen molar-refractivity contribution in [2.75, 3.05) is 24.5 Å². The van der Waals surface area contributed by atoms with Gasteiger partial charge in [-0.3, -0.25) is 4.40 Å². The van der Waals surface area contributed by atoms with Gasteiger partial charge < -0.3 is 15.0 Å². The SMILES string of the molecule is O=C(NCC1CC2CN(c3ncc(Sc4cccc(Cl)c4Cl)c4nccn34)CC2C1)OCc1ccccc1. The van der Waals surface area contributed by atoms with Crippen molar-refractivity contribution in [3.8, 4) is 0 Å². The molecule has 2 aromatic heterocycles. The van der Waals surface area contributed by atoms with E-state index in [1.165, 1.54) is 11.8 Å². The van der Waals surface area contributed by atoms with Crippen molar-refractivity contribution in [1.82, 2.24) is 19.7 Å². The molecule has 1 aliphatic heterocycles. The first-order valence-corrected chi connectivity index (χ1v) is 14.3. The first kappa shape index (κ1) is 25.3. The van der Waals surface area contributed by atoms with Crippen LogP contribution in [0.25, 0.3) is 5.65 Å². The Hall–Kier alpha value is -2.94. The van der Waals surface area contributed by atoms with Gasteiger partial charge in [0.1, 0.15) is 6.61 Å². The minimum atomic E-state index is -0.351. The molecular weight excluding hydrogens is 541 g/mol. The lowest BCUT2D eigenvalue weighted by Crippen LogP contribution is -2.30. The molecule has 2 atom stereocenters. The maximum atomic E-state index is 12.2. The zero-order valence-corrected chi connectivity index (χ0v) is 22.9. The number of carbonyl (C=O) groups is 1. The molecule has 0 spiro atoms. The molecule has 6 rings (SSSR count). The Kier molecular flexibility index (Phi) is 7.37. The van der Waals surface area contributed by atoms with Crippen molar-refractivity contribution in [1.29, 1.82) is 0 Å². The number of fused-ring (bicyclic) bond motifs is 2. The summed E-state index contributed by atoms with van der Waals surface area (Å²) in [6, 6.07) is 15.3. The number of anilines is 1. The van der Waals surface area contributed by atoms with E-state index in [9.17, 15) is 4.79 Å². The molecule has 1 saturated heterocycles. The minimum absolute atomic E-state index is 0.288. The number of halogens is 2. The number of hydrogen-bond acceptors (Lipinski definition) is 6. The second-order valence-corrected chi connectivity index (χ2v) is 11.8. The van der Waals surface area contributed by atoms with Crippen LogP contribution in [0.5, 0.6) is 0 Å². The highest BCUT2D eigenvalue weighted by Gasteiger charge is 2.41. The molecule has 2 unspecified atom stereocenters. The second kappa shape index (κ2) is 11.0. The van der Waals surface area contributed by atoms with Crippen LogP contribution < -0.4 is 10.2 Å². The summed E-state index contributed by atoms with van der Waals surface area (Å²) in [5.41, 5.74) is 1.84. The second-order valence-electron chi connectivity index (χ2n) is 9.90. The van der Waals surface area contributed by atoms with Gasteiger partial charge in [0.15, 0.2) is 5.65 Å². The number of benzene rings is 2. The molecule has 1 saturated carbocycles. The molecule has 0 radical (unpaired) electrons. The molecule has 4 aromatic rings. The maximum absolute atomic E-state index is 12.2. The van der Waals surface area contributed by atoms with Crippen LogP contribution in [0.1, 0.15) is 18.4 Å². The van der Waals surface area contributed by atoms with Gasteiger partial charge in [0.25, 0.3) is 0 Å². The van der Waals surface area contributed by atoms with Crippen molar-refractivity contribution >= 4 is 52.7 Å². The summed E-state index contributed by atoms with van der Waals surface area (Å²) in [5.74, 6) is 2.55. The average molecular weight is 569 g/mol. The van der Waals surface area contributed by atoms with Gasteiger partial charge in [-0.25, -0.2) is 14.8 Å². The van der Waals surface area contributed by atoms with Crippen molar-refractivity contribution in [3.63, 3.8) is 0 Å². The number of nitrogens with one attached hydrogen (secondary N) is 1. The summed E-state index contributed by atoms with van der Waals surface area (Å²) in [6.45, 7) is 2.85. The highest BCUT2D eigenvalue weighted by atomic mass is 35.5. The number of amides is 1. The third-order valence-corrected chi connectivity index (χ3v) is 9.39. The maximum Gasteiger partial charge on any atom is 0.407 e. The molecule has 196 valence electrons. The van der Waals surface area contributed by atoms with Gasteiger partial charge in [0.05, 0.1) is 14.9 Å². The number of ether oxygens (including phenoxy) is 1. The van der Waals surface area contributed by atoms with Crippen LogP contribution in [-0.4, -0.2) is 40.1 Å². The highest BCUT2D eigenvalue weighted by Crippen LogP contribution is 2.43. The molecule has 3 heterocycles. The Morgan fingerprint density at radius 2 is 1.82 bits per heavy atom. The monoisotopic (exact) mass is 567 g/mol. The lowest BCUT2D eigenvalue weighted by atomic mass is 10.0. The summed E-state index contributed by atoms with van der Waals surface area (Å²) < 4.78 is 7.42. The van der Waals surface area contributed by atoms with Crippen LogP contribution in [0.2, 0.25) is 10.0 Å². The fourth-order valence-electron chi connectivity index (χ4n) is 5.63. The van der Waals surface area contributed by atoms with E-state index in [1.807, 2.05) is 54.9 Å². The van der Waals surface area contributed by atoms with E-state index < -0.39 is 0 Å². The molecule has 10 heteroatoms. The number of carbonyl (C=O) groups excluding carboxylic acids is 1. The number of aromatic nitrogens is 3. The summed E-state index contributed by atoms with van der Waals surface area (Å²) in [4.78, 5) is 25.8. The van der Waals surface area contributed by atoms with Gasteiger partial charge in [-0.1, -0.05) is 71.4 Å². The van der Waals surface area contributed by atoms with Crippen molar-refractivity contribution < 1.29 is 9.53 Å². The average Bonchev–Trinajstić information content (AvgIpc) is 3.65. The molecule has 1 amide bonds. The number of hydrogen-bond donors (Lipinski definition) is 1. The van der Waals surface area contributed by atoms with Gasteiger partial charge >= 0.3 is 6.09 Å². The number of nitrogens with zero attached hydrogens (tertiary/aromatic N) is 4. The highest BCUT2D eigenvalue weighted by molar-refractivity contribution is 7.99. The van der Waals surface area contributed by atoms with Crippen LogP contribution in [0.3, 0.4) is 0 Å². The van der Waals surface area contributed by atoms with Gasteiger partial charge in [-0.05, 0) is 48.3 Å². The lowest BCUT2D eigenvalue weighted by molar-refractivity contribution is 0.138. The fourth-order valence-corrected chi connectivity index (χ4v) is 7.03. The molecule has 2 aromatic carbocycles. The summed E-state index contributed by atoms with van der Waals surface area (Å²) in [6.07, 6.45) is 7.48. The Bertz CT molecular complexity index is 1440. The molecular formula is C28H27Cl2N5O2S.